The van der Waals surface area contributed by atoms with Gasteiger partial charge in [-0.25, -0.2) is 8.42 Å². The fourth-order valence-corrected chi connectivity index (χ4v) is 3.90. The highest BCUT2D eigenvalue weighted by Crippen LogP contribution is 2.22. The fraction of sp³-hybridized carbons (Fsp3) is 0.500. The van der Waals surface area contributed by atoms with Crippen molar-refractivity contribution in [2.24, 2.45) is 11.8 Å². The zero-order valence-electron chi connectivity index (χ0n) is 13.5. The Balaban J connectivity index is 2.90. The molecule has 1 aromatic carbocycles. The number of carbonyl (C=O) groups excluding carboxylic acids is 1. The number of amides is 1. The summed E-state index contributed by atoms with van der Waals surface area (Å²) in [6, 6.07) is 7.87. The lowest BCUT2D eigenvalue weighted by Crippen LogP contribution is -2.39. The number of nitrogens with one attached hydrogen (secondary N) is 1. The van der Waals surface area contributed by atoms with Crippen molar-refractivity contribution in [2.45, 2.75) is 26.8 Å². The molecule has 1 aromatic rings. The largest absolute Gasteiger partial charge is 0.481 e. The van der Waals surface area contributed by atoms with Gasteiger partial charge in [0.25, 0.3) is 0 Å². The predicted octanol–water partition coefficient (Wildman–Crippen LogP) is 1.64. The van der Waals surface area contributed by atoms with Crippen LogP contribution in [0.4, 0.5) is 0 Å². The molecule has 128 valence electrons. The van der Waals surface area contributed by atoms with E-state index in [2.05, 4.69) is 5.32 Å². The van der Waals surface area contributed by atoms with E-state index in [1.54, 1.807) is 44.2 Å². The molecule has 2 atom stereocenters. The minimum Gasteiger partial charge on any atom is -0.481 e. The molecule has 6 nitrogen and oxygen atoms in total. The Labute approximate surface area is 136 Å². The van der Waals surface area contributed by atoms with Crippen LogP contribution in [0.5, 0.6) is 0 Å². The average Bonchev–Trinajstić information content (AvgIpc) is 2.42. The highest BCUT2D eigenvalue weighted by molar-refractivity contribution is 7.92. The molecule has 2 N–H and O–H groups in total. The standard InChI is InChI=1S/C16H23NO5S/c1-11(2)9-23(21,22)10-14(18)17-15(12(3)16(19)20)13-7-5-4-6-8-13/h4-8,11-12,15H,9-10H2,1-3H3,(H,17,18)(H,19,20). The van der Waals surface area contributed by atoms with E-state index < -0.39 is 39.4 Å². The van der Waals surface area contributed by atoms with Crippen molar-refractivity contribution < 1.29 is 23.1 Å². The van der Waals surface area contributed by atoms with Gasteiger partial charge in [0.2, 0.25) is 5.91 Å². The molecule has 0 radical (unpaired) electrons. The van der Waals surface area contributed by atoms with Crippen molar-refractivity contribution in [3.63, 3.8) is 0 Å². The fourth-order valence-electron chi connectivity index (χ4n) is 2.28. The Hall–Kier alpha value is -1.89. The predicted molar refractivity (Wildman–Crippen MR) is 87.6 cm³/mol. The van der Waals surface area contributed by atoms with Gasteiger partial charge in [0.05, 0.1) is 17.7 Å². The third-order valence-corrected chi connectivity index (χ3v) is 5.18. The van der Waals surface area contributed by atoms with Gasteiger partial charge in [-0.1, -0.05) is 44.2 Å². The maximum absolute atomic E-state index is 12.1. The van der Waals surface area contributed by atoms with E-state index in [-0.39, 0.29) is 11.7 Å². The van der Waals surface area contributed by atoms with Crippen molar-refractivity contribution >= 4 is 21.7 Å². The van der Waals surface area contributed by atoms with Crippen LogP contribution in [0, 0.1) is 11.8 Å². The molecule has 0 fully saturated rings. The van der Waals surface area contributed by atoms with Crippen molar-refractivity contribution in [1.29, 1.82) is 0 Å². The highest BCUT2D eigenvalue weighted by Gasteiger charge is 2.28. The number of rotatable bonds is 8. The molecule has 0 bridgehead atoms. The molecule has 0 aromatic heterocycles. The van der Waals surface area contributed by atoms with Crippen molar-refractivity contribution in [3.05, 3.63) is 35.9 Å². The smallest absolute Gasteiger partial charge is 0.308 e. The quantitative estimate of drug-likeness (QED) is 0.748. The SMILES string of the molecule is CC(C)CS(=O)(=O)CC(=O)NC(c1ccccc1)C(C)C(=O)O. The van der Waals surface area contributed by atoms with Crippen LogP contribution >= 0.6 is 0 Å². The molecular weight excluding hydrogens is 318 g/mol. The van der Waals surface area contributed by atoms with E-state index in [1.165, 1.54) is 6.92 Å². The summed E-state index contributed by atoms with van der Waals surface area (Å²) >= 11 is 0. The molecule has 1 rings (SSSR count). The van der Waals surface area contributed by atoms with Crippen LogP contribution < -0.4 is 5.32 Å². The first kappa shape index (κ1) is 19.2. The zero-order valence-corrected chi connectivity index (χ0v) is 14.3. The lowest BCUT2D eigenvalue weighted by Gasteiger charge is -2.23. The number of benzene rings is 1. The zero-order chi connectivity index (χ0) is 17.6. The van der Waals surface area contributed by atoms with Crippen molar-refractivity contribution in [3.8, 4) is 0 Å². The van der Waals surface area contributed by atoms with E-state index in [1.807, 2.05) is 0 Å². The average molecular weight is 341 g/mol. The summed E-state index contributed by atoms with van der Waals surface area (Å²) in [6.45, 7) is 4.99. The van der Waals surface area contributed by atoms with Crippen LogP contribution in [0.1, 0.15) is 32.4 Å². The number of carboxylic acid groups (broad SMARTS) is 1. The lowest BCUT2D eigenvalue weighted by molar-refractivity contribution is -0.142. The first-order valence-electron chi connectivity index (χ1n) is 7.40. The molecular formula is C16H23NO5S. The molecule has 0 aliphatic carbocycles. The molecule has 0 saturated heterocycles. The summed E-state index contributed by atoms with van der Waals surface area (Å²) in [6.07, 6.45) is 0. The Morgan fingerprint density at radius 3 is 2.17 bits per heavy atom. The Morgan fingerprint density at radius 2 is 1.70 bits per heavy atom. The Kier molecular flexibility index (Phi) is 6.75. The number of hydrogen-bond acceptors (Lipinski definition) is 4. The first-order chi connectivity index (χ1) is 10.6. The van der Waals surface area contributed by atoms with Gasteiger partial charge in [-0.05, 0) is 18.4 Å². The van der Waals surface area contributed by atoms with Gasteiger partial charge in [-0.2, -0.15) is 0 Å². The number of hydrogen-bond donors (Lipinski definition) is 2. The van der Waals surface area contributed by atoms with Crippen molar-refractivity contribution in [2.75, 3.05) is 11.5 Å². The summed E-state index contributed by atoms with van der Waals surface area (Å²) in [7, 11) is -3.51. The normalized spacial score (nSPS) is 14.3. The topological polar surface area (TPSA) is 101 Å². The first-order valence-corrected chi connectivity index (χ1v) is 9.22. The summed E-state index contributed by atoms with van der Waals surface area (Å²) in [4.78, 5) is 23.3. The Morgan fingerprint density at radius 1 is 1.13 bits per heavy atom. The van der Waals surface area contributed by atoms with Crippen LogP contribution in [0.25, 0.3) is 0 Å². The second-order valence-electron chi connectivity index (χ2n) is 6.03. The minimum atomic E-state index is -3.51. The summed E-state index contributed by atoms with van der Waals surface area (Å²) < 4.78 is 23.8. The van der Waals surface area contributed by atoms with Gasteiger partial charge >= 0.3 is 5.97 Å². The molecule has 0 heterocycles. The highest BCUT2D eigenvalue weighted by atomic mass is 32.2. The molecule has 1 amide bonds. The van der Waals surface area contributed by atoms with Crippen LogP contribution in [0.3, 0.4) is 0 Å². The van der Waals surface area contributed by atoms with Crippen molar-refractivity contribution in [1.82, 2.24) is 5.32 Å². The lowest BCUT2D eigenvalue weighted by atomic mass is 9.94. The molecule has 0 saturated carbocycles. The van der Waals surface area contributed by atoms with Gasteiger partial charge in [0.15, 0.2) is 9.84 Å². The molecule has 23 heavy (non-hydrogen) atoms. The number of aliphatic carboxylic acids is 1. The van der Waals surface area contributed by atoms with E-state index in [9.17, 15) is 23.1 Å². The van der Waals surface area contributed by atoms with E-state index in [4.69, 9.17) is 0 Å². The van der Waals surface area contributed by atoms with E-state index in [0.29, 0.717) is 5.56 Å². The van der Waals surface area contributed by atoms with Gasteiger partial charge in [0.1, 0.15) is 5.75 Å². The second kappa shape index (κ2) is 8.10. The van der Waals surface area contributed by atoms with Crippen LogP contribution in [-0.2, 0) is 19.4 Å². The third-order valence-electron chi connectivity index (χ3n) is 3.30. The summed E-state index contributed by atoms with van der Waals surface area (Å²) in [5, 5.41) is 11.8. The maximum atomic E-state index is 12.1. The van der Waals surface area contributed by atoms with Gasteiger partial charge in [0, 0.05) is 0 Å². The third kappa shape index (κ3) is 6.40. The number of carbonyl (C=O) groups is 2. The van der Waals surface area contributed by atoms with Crippen LogP contribution in [-0.4, -0.2) is 36.9 Å². The molecule has 2 unspecified atom stereocenters. The summed E-state index contributed by atoms with van der Waals surface area (Å²) in [5.74, 6) is -3.42. The number of sulfone groups is 1. The molecule has 0 aliphatic rings. The molecule has 0 spiro atoms. The van der Waals surface area contributed by atoms with Gasteiger partial charge < -0.3 is 10.4 Å². The second-order valence-corrected chi connectivity index (χ2v) is 8.14. The van der Waals surface area contributed by atoms with Crippen LogP contribution in [0.2, 0.25) is 0 Å². The van der Waals surface area contributed by atoms with E-state index in [0.717, 1.165) is 0 Å². The maximum Gasteiger partial charge on any atom is 0.308 e. The molecule has 0 aliphatic heterocycles. The summed E-state index contributed by atoms with van der Waals surface area (Å²) in [5.41, 5.74) is 0.622. The molecule has 7 heteroatoms. The van der Waals surface area contributed by atoms with Gasteiger partial charge in [-0.15, -0.1) is 0 Å². The number of carboxylic acids is 1. The van der Waals surface area contributed by atoms with E-state index >= 15 is 0 Å². The minimum absolute atomic E-state index is 0.0735. The van der Waals surface area contributed by atoms with Crippen LogP contribution in [0.15, 0.2) is 30.3 Å². The Bertz CT molecular complexity index is 640. The van der Waals surface area contributed by atoms with Gasteiger partial charge in [-0.3, -0.25) is 9.59 Å². The monoisotopic (exact) mass is 341 g/mol.